The van der Waals surface area contributed by atoms with Gasteiger partial charge in [-0.25, -0.2) is 9.98 Å². The van der Waals surface area contributed by atoms with Crippen LogP contribution in [0.5, 0.6) is 0 Å². The van der Waals surface area contributed by atoms with Gasteiger partial charge in [-0.2, -0.15) is 0 Å². The predicted molar refractivity (Wildman–Crippen MR) is 80.9 cm³/mol. The number of aldehydes is 1. The van der Waals surface area contributed by atoms with E-state index >= 15 is 0 Å². The smallest absolute Gasteiger partial charge is 0.223 e. The number of rotatable bonds is 3. The summed E-state index contributed by atoms with van der Waals surface area (Å²) in [4.78, 5) is 24.5. The van der Waals surface area contributed by atoms with Crippen molar-refractivity contribution < 1.29 is 4.79 Å². The summed E-state index contributed by atoms with van der Waals surface area (Å²) in [6.45, 7) is 1.94. The molecule has 1 aliphatic carbocycles. The molecular weight excluding hydrogens is 252 g/mol. The lowest BCUT2D eigenvalue weighted by molar-refractivity contribution is -0.102. The number of anilines is 1. The monoisotopic (exact) mass is 268 g/mol. The summed E-state index contributed by atoms with van der Waals surface area (Å²) < 4.78 is 0. The van der Waals surface area contributed by atoms with Crippen LogP contribution < -0.4 is 5.32 Å². The van der Waals surface area contributed by atoms with Crippen LogP contribution >= 0.6 is 0 Å². The van der Waals surface area contributed by atoms with Crippen LogP contribution in [-0.2, 0) is 4.79 Å². The first-order valence-corrected chi connectivity index (χ1v) is 6.78. The van der Waals surface area contributed by atoms with Crippen molar-refractivity contribution in [2.45, 2.75) is 31.8 Å². The van der Waals surface area contributed by atoms with Crippen molar-refractivity contribution in [1.82, 2.24) is 0 Å². The van der Waals surface area contributed by atoms with Crippen LogP contribution in [0.2, 0.25) is 0 Å². The molecule has 0 bridgehead atoms. The average molecular weight is 268 g/mol. The molecule has 5 nitrogen and oxygen atoms in total. The molecule has 1 heterocycles. The fourth-order valence-corrected chi connectivity index (χ4v) is 2.03. The summed E-state index contributed by atoms with van der Waals surface area (Å²) in [5, 5.41) is 3.11. The van der Waals surface area contributed by atoms with Gasteiger partial charge in [0.25, 0.3) is 0 Å². The zero-order valence-electron chi connectivity index (χ0n) is 11.3. The summed E-state index contributed by atoms with van der Waals surface area (Å²) in [7, 11) is 0. The third-order valence-electron chi connectivity index (χ3n) is 3.21. The molecule has 1 atom stereocenters. The van der Waals surface area contributed by atoms with Crippen molar-refractivity contribution in [3.63, 3.8) is 0 Å². The van der Waals surface area contributed by atoms with E-state index < -0.39 is 0 Å². The van der Waals surface area contributed by atoms with Crippen molar-refractivity contribution in [1.29, 1.82) is 0 Å². The first kappa shape index (κ1) is 12.7. The van der Waals surface area contributed by atoms with Gasteiger partial charge in [-0.1, -0.05) is 18.2 Å². The minimum absolute atomic E-state index is 0.139. The second-order valence-corrected chi connectivity index (χ2v) is 4.98. The highest BCUT2D eigenvalue weighted by Crippen LogP contribution is 2.25. The van der Waals surface area contributed by atoms with Crippen LogP contribution in [0.25, 0.3) is 0 Å². The van der Waals surface area contributed by atoms with E-state index in [9.17, 15) is 4.79 Å². The molecule has 1 unspecified atom stereocenters. The third kappa shape index (κ3) is 2.82. The molecule has 102 valence electrons. The maximum atomic E-state index is 11.2. The highest BCUT2D eigenvalue weighted by Gasteiger charge is 2.27. The van der Waals surface area contributed by atoms with Gasteiger partial charge >= 0.3 is 0 Å². The number of benzene rings is 1. The van der Waals surface area contributed by atoms with E-state index in [1.165, 1.54) is 0 Å². The van der Waals surface area contributed by atoms with Crippen LogP contribution in [0, 0.1) is 0 Å². The first-order chi connectivity index (χ1) is 9.76. The Morgan fingerprint density at radius 2 is 2.05 bits per heavy atom. The second-order valence-electron chi connectivity index (χ2n) is 4.98. The Kier molecular flexibility index (Phi) is 3.41. The summed E-state index contributed by atoms with van der Waals surface area (Å²) >= 11 is 0. The first-order valence-electron chi connectivity index (χ1n) is 6.78. The minimum Gasteiger partial charge on any atom is -0.324 e. The Morgan fingerprint density at radius 1 is 1.30 bits per heavy atom. The number of aliphatic imine (C=N–C) groups is 3. The predicted octanol–water partition coefficient (Wildman–Crippen LogP) is 2.10. The quantitative estimate of drug-likeness (QED) is 0.853. The molecule has 3 rings (SSSR count). The summed E-state index contributed by atoms with van der Waals surface area (Å²) in [5.41, 5.74) is 1.99. The average Bonchev–Trinajstić information content (AvgIpc) is 3.26. The van der Waals surface area contributed by atoms with E-state index in [0.717, 1.165) is 24.8 Å². The summed E-state index contributed by atoms with van der Waals surface area (Å²) in [5.74, 6) is 0.459. The van der Waals surface area contributed by atoms with Crippen molar-refractivity contribution in [2.24, 2.45) is 15.0 Å². The minimum atomic E-state index is -0.139. The standard InChI is InChI=1S/C15H16N4O/c1-10-14(17-12-7-8-12)13(9-20)19-15(16-10)18-11-5-3-2-4-6-11/h2-6,9-10,12H,7-8H2,1H3,(H,16,18). The number of nitrogens with one attached hydrogen (secondary N) is 1. The lowest BCUT2D eigenvalue weighted by Gasteiger charge is -2.17. The SMILES string of the molecule is CC1N=C(Nc2ccccc2)N=C(C=O)C1=NC1CC1. The van der Waals surface area contributed by atoms with Crippen LogP contribution in [0.4, 0.5) is 5.69 Å². The van der Waals surface area contributed by atoms with E-state index in [1.54, 1.807) is 0 Å². The number of hydrogen-bond acceptors (Lipinski definition) is 5. The fourth-order valence-electron chi connectivity index (χ4n) is 2.03. The molecule has 1 aromatic carbocycles. The van der Waals surface area contributed by atoms with E-state index in [4.69, 9.17) is 0 Å². The summed E-state index contributed by atoms with van der Waals surface area (Å²) in [6, 6.07) is 9.88. The molecule has 1 saturated carbocycles. The highest BCUT2D eigenvalue weighted by molar-refractivity contribution is 6.64. The van der Waals surface area contributed by atoms with Crippen molar-refractivity contribution in [3.05, 3.63) is 30.3 Å². The molecule has 1 N–H and O–H groups in total. The Hall–Kier alpha value is -2.30. The molecule has 1 fully saturated rings. The van der Waals surface area contributed by atoms with Crippen LogP contribution in [-0.4, -0.2) is 35.8 Å². The van der Waals surface area contributed by atoms with Gasteiger partial charge in [-0.15, -0.1) is 0 Å². The molecule has 5 heteroatoms. The van der Waals surface area contributed by atoms with Crippen LogP contribution in [0.1, 0.15) is 19.8 Å². The fraction of sp³-hybridized carbons (Fsp3) is 0.333. The molecule has 0 radical (unpaired) electrons. The topological polar surface area (TPSA) is 66.2 Å². The van der Waals surface area contributed by atoms with Crippen molar-refractivity contribution in [2.75, 3.05) is 5.32 Å². The molecule has 0 amide bonds. The number of hydrogen-bond donors (Lipinski definition) is 1. The molecule has 0 aromatic heterocycles. The van der Waals surface area contributed by atoms with E-state index in [1.807, 2.05) is 37.3 Å². The largest absolute Gasteiger partial charge is 0.324 e. The number of carbonyl (C=O) groups is 1. The Bertz CT molecular complexity index is 600. The van der Waals surface area contributed by atoms with E-state index in [-0.39, 0.29) is 6.04 Å². The second kappa shape index (κ2) is 5.36. The van der Waals surface area contributed by atoms with Crippen LogP contribution in [0.15, 0.2) is 45.3 Å². The van der Waals surface area contributed by atoms with Gasteiger partial charge in [0.05, 0.1) is 17.8 Å². The number of carbonyl (C=O) groups excluding carboxylic acids is 1. The van der Waals surface area contributed by atoms with E-state index in [0.29, 0.717) is 23.4 Å². The molecule has 0 saturated heterocycles. The maximum absolute atomic E-state index is 11.2. The van der Waals surface area contributed by atoms with Gasteiger partial charge < -0.3 is 5.32 Å². The van der Waals surface area contributed by atoms with Gasteiger partial charge in [0.1, 0.15) is 5.71 Å². The Labute approximate surface area is 117 Å². The lowest BCUT2D eigenvalue weighted by atomic mass is 10.1. The molecular formula is C15H16N4O. The molecule has 0 spiro atoms. The number of para-hydroxylation sites is 1. The van der Waals surface area contributed by atoms with Gasteiger partial charge in [-0.05, 0) is 31.9 Å². The van der Waals surface area contributed by atoms with Gasteiger partial charge in [0.15, 0.2) is 6.29 Å². The zero-order chi connectivity index (χ0) is 13.9. The summed E-state index contributed by atoms with van der Waals surface area (Å²) in [6.07, 6.45) is 2.96. The molecule has 1 aliphatic heterocycles. The van der Waals surface area contributed by atoms with Crippen molar-refractivity contribution in [3.8, 4) is 0 Å². The van der Waals surface area contributed by atoms with E-state index in [2.05, 4.69) is 20.3 Å². The Morgan fingerprint density at radius 3 is 2.70 bits per heavy atom. The van der Waals surface area contributed by atoms with Gasteiger partial charge in [-0.3, -0.25) is 9.79 Å². The maximum Gasteiger partial charge on any atom is 0.223 e. The normalized spacial score (nSPS) is 24.1. The molecule has 20 heavy (non-hydrogen) atoms. The molecule has 1 aromatic rings. The lowest BCUT2D eigenvalue weighted by Crippen LogP contribution is -2.34. The number of nitrogens with zero attached hydrogens (tertiary/aromatic N) is 3. The third-order valence-corrected chi connectivity index (χ3v) is 3.21. The highest BCUT2D eigenvalue weighted by atomic mass is 16.1. The van der Waals surface area contributed by atoms with Gasteiger partial charge in [0.2, 0.25) is 5.96 Å². The van der Waals surface area contributed by atoms with Crippen LogP contribution in [0.3, 0.4) is 0 Å². The Balaban J connectivity index is 1.83. The number of guanidine groups is 1. The molecule has 2 aliphatic rings. The van der Waals surface area contributed by atoms with Crippen molar-refractivity contribution >= 4 is 29.4 Å². The van der Waals surface area contributed by atoms with Gasteiger partial charge in [0, 0.05) is 5.69 Å². The zero-order valence-corrected chi connectivity index (χ0v) is 11.3.